The van der Waals surface area contributed by atoms with Crippen LogP contribution in [0.4, 0.5) is 16.6 Å². The van der Waals surface area contributed by atoms with Gasteiger partial charge in [-0.1, -0.05) is 27.3 Å². The lowest BCUT2D eigenvalue weighted by atomic mass is 10.2. The van der Waals surface area contributed by atoms with Crippen molar-refractivity contribution in [1.82, 2.24) is 4.98 Å². The van der Waals surface area contributed by atoms with Gasteiger partial charge >= 0.3 is 0 Å². The Balaban J connectivity index is 2.18. The highest BCUT2D eigenvalue weighted by atomic mass is 79.9. The number of anilines is 3. The van der Waals surface area contributed by atoms with Gasteiger partial charge in [-0.3, -0.25) is 4.79 Å². The van der Waals surface area contributed by atoms with Crippen LogP contribution in [0, 0.1) is 6.92 Å². The molecule has 0 bridgehead atoms. The highest BCUT2D eigenvalue weighted by molar-refractivity contribution is 9.10. The molecule has 21 heavy (non-hydrogen) atoms. The van der Waals surface area contributed by atoms with E-state index < -0.39 is 0 Å². The van der Waals surface area contributed by atoms with Gasteiger partial charge in [0, 0.05) is 16.2 Å². The highest BCUT2D eigenvalue weighted by Gasteiger charge is 2.17. The van der Waals surface area contributed by atoms with Crippen LogP contribution in [0.2, 0.25) is 0 Å². The fraction of sp³-hybridized carbons (Fsp3) is 0.286. The molecular formula is C14H17BrN4OS. The summed E-state index contributed by atoms with van der Waals surface area (Å²) in [5.74, 6) is -0.00771. The van der Waals surface area contributed by atoms with Crippen molar-refractivity contribution in [3.05, 3.63) is 33.1 Å². The van der Waals surface area contributed by atoms with Gasteiger partial charge in [0.25, 0.3) is 5.91 Å². The summed E-state index contributed by atoms with van der Waals surface area (Å²) < 4.78 is 0.914. The zero-order valence-corrected chi connectivity index (χ0v) is 14.4. The molecule has 1 amide bonds. The first kappa shape index (κ1) is 15.8. The normalized spacial score (nSPS) is 10.7. The third-order valence-corrected chi connectivity index (χ3v) is 4.03. The molecule has 1 aromatic heterocycles. The summed E-state index contributed by atoms with van der Waals surface area (Å²) in [4.78, 5) is 16.9. The van der Waals surface area contributed by atoms with E-state index in [-0.39, 0.29) is 17.8 Å². The van der Waals surface area contributed by atoms with Crippen LogP contribution in [0.3, 0.4) is 0 Å². The number of aryl methyl sites for hydroxylation is 1. The Kier molecular flexibility index (Phi) is 4.84. The van der Waals surface area contributed by atoms with E-state index in [2.05, 4.69) is 31.5 Å². The number of nitrogens with zero attached hydrogens (tertiary/aromatic N) is 1. The monoisotopic (exact) mass is 368 g/mol. The Labute approximate surface area is 136 Å². The third-order valence-electron chi connectivity index (χ3n) is 2.57. The second-order valence-corrected chi connectivity index (χ2v) is 6.92. The molecule has 0 radical (unpaired) electrons. The fourth-order valence-corrected chi connectivity index (χ4v) is 3.33. The average Bonchev–Trinajstić information content (AvgIpc) is 2.67. The van der Waals surface area contributed by atoms with E-state index in [0.29, 0.717) is 10.0 Å². The van der Waals surface area contributed by atoms with Crippen molar-refractivity contribution in [3.63, 3.8) is 0 Å². The van der Waals surface area contributed by atoms with E-state index in [1.807, 2.05) is 39.0 Å². The van der Waals surface area contributed by atoms with Crippen LogP contribution in [-0.2, 0) is 0 Å². The molecule has 0 saturated carbocycles. The Morgan fingerprint density at radius 2 is 2.10 bits per heavy atom. The molecule has 5 nitrogen and oxygen atoms in total. The third kappa shape index (κ3) is 4.18. The number of nitrogens with one attached hydrogen (secondary N) is 2. The minimum Gasteiger partial charge on any atom is -0.382 e. The van der Waals surface area contributed by atoms with Gasteiger partial charge in [0.05, 0.1) is 0 Å². The van der Waals surface area contributed by atoms with Crippen molar-refractivity contribution < 1.29 is 4.79 Å². The summed E-state index contributed by atoms with van der Waals surface area (Å²) in [6, 6.07) is 5.95. The SMILES string of the molecule is Cc1cc(Br)cc(NC(=O)c2sc(NC(C)C)nc2N)c1. The van der Waals surface area contributed by atoms with Crippen LogP contribution in [0.5, 0.6) is 0 Å². The lowest BCUT2D eigenvalue weighted by Crippen LogP contribution is -2.12. The van der Waals surface area contributed by atoms with E-state index in [9.17, 15) is 4.79 Å². The van der Waals surface area contributed by atoms with Crippen molar-refractivity contribution in [2.45, 2.75) is 26.8 Å². The number of amides is 1. The van der Waals surface area contributed by atoms with Gasteiger partial charge in [-0.05, 0) is 44.5 Å². The molecular weight excluding hydrogens is 352 g/mol. The van der Waals surface area contributed by atoms with Crippen molar-refractivity contribution in [1.29, 1.82) is 0 Å². The maximum Gasteiger partial charge on any atom is 0.269 e. The number of hydrogen-bond acceptors (Lipinski definition) is 5. The zero-order chi connectivity index (χ0) is 15.6. The minimum atomic E-state index is -0.251. The second kappa shape index (κ2) is 6.44. The first-order valence-electron chi connectivity index (χ1n) is 6.46. The number of aromatic nitrogens is 1. The number of nitrogens with two attached hydrogens (primary N) is 1. The van der Waals surface area contributed by atoms with Crippen LogP contribution in [0.15, 0.2) is 22.7 Å². The minimum absolute atomic E-state index is 0.235. The molecule has 112 valence electrons. The maximum absolute atomic E-state index is 12.3. The van der Waals surface area contributed by atoms with Gasteiger partial charge in [-0.15, -0.1) is 0 Å². The molecule has 0 unspecified atom stereocenters. The smallest absolute Gasteiger partial charge is 0.269 e. The number of hydrogen-bond donors (Lipinski definition) is 3. The molecule has 0 aliphatic heterocycles. The largest absolute Gasteiger partial charge is 0.382 e. The van der Waals surface area contributed by atoms with Crippen molar-refractivity contribution in [3.8, 4) is 0 Å². The number of carbonyl (C=O) groups is 1. The highest BCUT2D eigenvalue weighted by Crippen LogP contribution is 2.27. The van der Waals surface area contributed by atoms with Crippen LogP contribution >= 0.6 is 27.3 Å². The molecule has 1 aromatic carbocycles. The van der Waals surface area contributed by atoms with Crippen LogP contribution in [0.1, 0.15) is 29.1 Å². The van der Waals surface area contributed by atoms with E-state index in [1.54, 1.807) is 0 Å². The summed E-state index contributed by atoms with van der Waals surface area (Å²) in [6.45, 7) is 5.97. The quantitative estimate of drug-likeness (QED) is 0.764. The molecule has 0 aliphatic rings. The first-order valence-corrected chi connectivity index (χ1v) is 8.07. The topological polar surface area (TPSA) is 80.0 Å². The van der Waals surface area contributed by atoms with Crippen molar-refractivity contribution >= 4 is 49.8 Å². The maximum atomic E-state index is 12.3. The first-order chi connectivity index (χ1) is 9.85. The Hall–Kier alpha value is -1.60. The number of benzene rings is 1. The molecule has 0 saturated heterocycles. The number of nitrogen functional groups attached to an aromatic ring is 1. The molecule has 0 aliphatic carbocycles. The van der Waals surface area contributed by atoms with Crippen LogP contribution in [0.25, 0.3) is 0 Å². The molecule has 4 N–H and O–H groups in total. The zero-order valence-electron chi connectivity index (χ0n) is 12.0. The van der Waals surface area contributed by atoms with Crippen LogP contribution < -0.4 is 16.4 Å². The summed E-state index contributed by atoms with van der Waals surface area (Å²) in [5, 5.41) is 6.63. The van der Waals surface area contributed by atoms with E-state index >= 15 is 0 Å². The predicted octanol–water partition coefficient (Wildman–Crippen LogP) is 3.87. The second-order valence-electron chi connectivity index (χ2n) is 5.00. The lowest BCUT2D eigenvalue weighted by Gasteiger charge is -2.06. The number of halogens is 1. The van der Waals surface area contributed by atoms with Gasteiger partial charge < -0.3 is 16.4 Å². The molecule has 7 heteroatoms. The molecule has 0 spiro atoms. The van der Waals surface area contributed by atoms with Crippen molar-refractivity contribution in [2.24, 2.45) is 0 Å². The predicted molar refractivity (Wildman–Crippen MR) is 92.1 cm³/mol. The van der Waals surface area contributed by atoms with E-state index in [0.717, 1.165) is 15.7 Å². The summed E-state index contributed by atoms with van der Waals surface area (Å²) in [5.41, 5.74) is 7.60. The fourth-order valence-electron chi connectivity index (χ4n) is 1.80. The van der Waals surface area contributed by atoms with Gasteiger partial charge in [0.2, 0.25) is 0 Å². The number of carbonyl (C=O) groups excluding carboxylic acids is 1. The number of thiazole rings is 1. The molecule has 2 rings (SSSR count). The Bertz CT molecular complexity index is 649. The molecule has 0 atom stereocenters. The van der Waals surface area contributed by atoms with Crippen molar-refractivity contribution in [2.75, 3.05) is 16.4 Å². The molecule has 2 aromatic rings. The summed E-state index contributed by atoms with van der Waals surface area (Å²) in [6.07, 6.45) is 0. The summed E-state index contributed by atoms with van der Waals surface area (Å²) in [7, 11) is 0. The number of rotatable bonds is 4. The van der Waals surface area contributed by atoms with Gasteiger partial charge in [-0.2, -0.15) is 0 Å². The van der Waals surface area contributed by atoms with Crippen LogP contribution in [-0.4, -0.2) is 16.9 Å². The van der Waals surface area contributed by atoms with E-state index in [1.165, 1.54) is 11.3 Å². The van der Waals surface area contributed by atoms with Gasteiger partial charge in [0.15, 0.2) is 5.13 Å². The average molecular weight is 369 g/mol. The van der Waals surface area contributed by atoms with Gasteiger partial charge in [-0.25, -0.2) is 4.98 Å². The summed E-state index contributed by atoms with van der Waals surface area (Å²) >= 11 is 4.66. The standard InChI is InChI=1S/C14H17BrN4OS/c1-7(2)17-14-19-12(16)11(21-14)13(20)18-10-5-8(3)4-9(15)6-10/h4-7H,16H2,1-3H3,(H,17,19)(H,18,20). The van der Waals surface area contributed by atoms with Gasteiger partial charge in [0.1, 0.15) is 10.7 Å². The Morgan fingerprint density at radius 1 is 1.38 bits per heavy atom. The molecule has 1 heterocycles. The molecule has 0 fully saturated rings. The lowest BCUT2D eigenvalue weighted by molar-refractivity contribution is 0.103. The van der Waals surface area contributed by atoms with E-state index in [4.69, 9.17) is 5.73 Å². The Morgan fingerprint density at radius 3 is 2.71 bits per heavy atom.